The summed E-state index contributed by atoms with van der Waals surface area (Å²) in [4.78, 5) is 21.2. The van der Waals surface area contributed by atoms with E-state index in [-0.39, 0.29) is 5.56 Å². The van der Waals surface area contributed by atoms with Crippen LogP contribution in [0.4, 0.5) is 0 Å². The molecule has 0 unspecified atom stereocenters. The SMILES string of the molecule is Cc1ccc2nc3c(C#N)cc4cc5ccccc5[nH+]c4n3c(=O)c2c1. The lowest BCUT2D eigenvalue weighted by Gasteiger charge is -2.04. The maximum absolute atomic E-state index is 13.3. The van der Waals surface area contributed by atoms with Crippen LogP contribution in [0.25, 0.3) is 38.5 Å². The largest absolute Gasteiger partial charge is 0.349 e. The molecule has 5 aromatic rings. The van der Waals surface area contributed by atoms with Crippen molar-refractivity contribution in [2.24, 2.45) is 0 Å². The molecule has 0 spiro atoms. The first kappa shape index (κ1) is 14.6. The van der Waals surface area contributed by atoms with Gasteiger partial charge in [0.2, 0.25) is 5.65 Å². The van der Waals surface area contributed by atoms with Crippen LogP contribution in [0.5, 0.6) is 0 Å². The lowest BCUT2D eigenvalue weighted by atomic mass is 10.1. The molecule has 1 N–H and O–H groups in total. The Balaban J connectivity index is 2.11. The van der Waals surface area contributed by atoms with Crippen LogP contribution in [-0.4, -0.2) is 9.38 Å². The number of para-hydroxylation sites is 1. The molecular weight excluding hydrogens is 324 g/mol. The maximum atomic E-state index is 13.3. The maximum Gasteiger partial charge on any atom is 0.349 e. The summed E-state index contributed by atoms with van der Waals surface area (Å²) < 4.78 is 1.52. The monoisotopic (exact) mass is 337 g/mol. The fraction of sp³-hybridized carbons (Fsp3) is 0.0476. The molecule has 5 heteroatoms. The number of benzene rings is 2. The number of nitriles is 1. The van der Waals surface area contributed by atoms with Crippen molar-refractivity contribution in [1.82, 2.24) is 9.38 Å². The number of nitrogens with zero attached hydrogens (tertiary/aromatic N) is 3. The van der Waals surface area contributed by atoms with Gasteiger partial charge in [0.1, 0.15) is 17.1 Å². The number of aromatic nitrogens is 3. The zero-order chi connectivity index (χ0) is 17.8. The number of pyridine rings is 2. The zero-order valence-electron chi connectivity index (χ0n) is 13.9. The van der Waals surface area contributed by atoms with Crippen LogP contribution in [0.2, 0.25) is 0 Å². The van der Waals surface area contributed by atoms with Gasteiger partial charge in [-0.2, -0.15) is 5.26 Å². The lowest BCUT2D eigenvalue weighted by Crippen LogP contribution is -2.22. The first-order valence-corrected chi connectivity index (χ1v) is 8.27. The molecule has 0 aliphatic heterocycles. The van der Waals surface area contributed by atoms with Gasteiger partial charge in [-0.15, -0.1) is 4.40 Å². The van der Waals surface area contributed by atoms with Gasteiger partial charge in [-0.1, -0.05) is 29.8 Å². The van der Waals surface area contributed by atoms with Crippen molar-refractivity contribution in [2.45, 2.75) is 6.92 Å². The molecule has 0 aliphatic carbocycles. The number of rotatable bonds is 0. The van der Waals surface area contributed by atoms with Gasteiger partial charge in [0.25, 0.3) is 5.65 Å². The lowest BCUT2D eigenvalue weighted by molar-refractivity contribution is -0.314. The molecule has 0 saturated carbocycles. The molecule has 0 radical (unpaired) electrons. The molecule has 0 amide bonds. The van der Waals surface area contributed by atoms with Crippen molar-refractivity contribution in [2.75, 3.05) is 0 Å². The third kappa shape index (κ3) is 1.93. The summed E-state index contributed by atoms with van der Waals surface area (Å²) in [6, 6.07) is 19.4. The van der Waals surface area contributed by atoms with E-state index in [4.69, 9.17) is 0 Å². The number of H-pyrrole nitrogens is 1. The highest BCUT2D eigenvalue weighted by atomic mass is 16.1. The molecule has 122 valence electrons. The summed E-state index contributed by atoms with van der Waals surface area (Å²) in [5.74, 6) is 0. The highest BCUT2D eigenvalue weighted by Crippen LogP contribution is 2.21. The molecule has 26 heavy (non-hydrogen) atoms. The highest BCUT2D eigenvalue weighted by Gasteiger charge is 2.20. The quantitative estimate of drug-likeness (QED) is 0.322. The average molecular weight is 337 g/mol. The third-order valence-corrected chi connectivity index (χ3v) is 4.71. The minimum atomic E-state index is -0.178. The Morgan fingerprint density at radius 3 is 2.77 bits per heavy atom. The normalized spacial score (nSPS) is 11.4. The van der Waals surface area contributed by atoms with Crippen LogP contribution in [0, 0.1) is 18.3 Å². The fourth-order valence-corrected chi connectivity index (χ4v) is 3.46. The zero-order valence-corrected chi connectivity index (χ0v) is 13.9. The van der Waals surface area contributed by atoms with E-state index in [2.05, 4.69) is 16.0 Å². The van der Waals surface area contributed by atoms with Gasteiger partial charge in [-0.3, -0.25) is 0 Å². The molecule has 5 nitrogen and oxygen atoms in total. The predicted octanol–water partition coefficient (Wildman–Crippen LogP) is 3.15. The van der Waals surface area contributed by atoms with Crippen molar-refractivity contribution in [3.05, 3.63) is 76.1 Å². The second-order valence-corrected chi connectivity index (χ2v) is 6.43. The number of aromatic amines is 1. The molecule has 0 atom stereocenters. The Labute approximate surface area is 147 Å². The molecule has 5 rings (SSSR count). The average Bonchev–Trinajstić information content (AvgIpc) is 2.66. The summed E-state index contributed by atoms with van der Waals surface area (Å²) in [7, 11) is 0. The van der Waals surface area contributed by atoms with Crippen LogP contribution in [0.15, 0.2) is 59.4 Å². The Hall–Kier alpha value is -3.78. The van der Waals surface area contributed by atoms with Gasteiger partial charge in [-0.05, 0) is 37.3 Å². The van der Waals surface area contributed by atoms with Gasteiger partial charge < -0.3 is 0 Å². The third-order valence-electron chi connectivity index (χ3n) is 4.71. The van der Waals surface area contributed by atoms with Crippen LogP contribution >= 0.6 is 0 Å². The highest BCUT2D eigenvalue weighted by molar-refractivity contribution is 5.91. The summed E-state index contributed by atoms with van der Waals surface area (Å²) >= 11 is 0. The van der Waals surface area contributed by atoms with Crippen molar-refractivity contribution < 1.29 is 4.98 Å². The first-order valence-electron chi connectivity index (χ1n) is 8.27. The standard InChI is InChI=1S/C21H12N4O/c1-12-6-7-18-16(8-12)21(26)25-19-14(10-15(11-22)20(25)24-18)9-13-4-2-3-5-17(13)23-19/h2-10H,1H3/p+1. The molecule has 0 bridgehead atoms. The van der Waals surface area contributed by atoms with Crippen LogP contribution in [-0.2, 0) is 0 Å². The number of nitrogens with one attached hydrogen (secondary N) is 1. The van der Waals surface area contributed by atoms with E-state index in [9.17, 15) is 10.1 Å². The van der Waals surface area contributed by atoms with Gasteiger partial charge in [0, 0.05) is 5.39 Å². The molecule has 0 fully saturated rings. The van der Waals surface area contributed by atoms with Gasteiger partial charge in [0.15, 0.2) is 0 Å². The number of hydrogen-bond acceptors (Lipinski definition) is 3. The number of fused-ring (bicyclic) bond motifs is 5. The first-order chi connectivity index (χ1) is 12.7. The van der Waals surface area contributed by atoms with Crippen molar-refractivity contribution in [1.29, 1.82) is 5.26 Å². The van der Waals surface area contributed by atoms with E-state index >= 15 is 0 Å². The molecule has 3 aromatic heterocycles. The van der Waals surface area contributed by atoms with Crippen LogP contribution in [0.1, 0.15) is 11.1 Å². The molecule has 0 saturated heterocycles. The minimum absolute atomic E-state index is 0.178. The van der Waals surface area contributed by atoms with Gasteiger partial charge in [-0.25, -0.2) is 14.8 Å². The van der Waals surface area contributed by atoms with Crippen molar-refractivity contribution in [3.8, 4) is 6.07 Å². The topological polar surface area (TPSA) is 72.3 Å². The van der Waals surface area contributed by atoms with E-state index < -0.39 is 0 Å². The Morgan fingerprint density at radius 2 is 1.92 bits per heavy atom. The van der Waals surface area contributed by atoms with E-state index in [1.165, 1.54) is 4.40 Å². The molecule has 3 heterocycles. The summed E-state index contributed by atoms with van der Waals surface area (Å²) in [6.07, 6.45) is 0. The van der Waals surface area contributed by atoms with Crippen molar-refractivity contribution in [3.63, 3.8) is 0 Å². The van der Waals surface area contributed by atoms with E-state index in [0.29, 0.717) is 27.8 Å². The van der Waals surface area contributed by atoms with E-state index in [0.717, 1.165) is 21.9 Å². The summed E-state index contributed by atoms with van der Waals surface area (Å²) in [5.41, 5.74) is 3.71. The summed E-state index contributed by atoms with van der Waals surface area (Å²) in [5, 5.41) is 12.0. The Bertz CT molecular complexity index is 1480. The number of aryl methyl sites for hydroxylation is 1. The van der Waals surface area contributed by atoms with E-state index in [1.54, 1.807) is 6.07 Å². The molecule has 2 aromatic carbocycles. The van der Waals surface area contributed by atoms with Crippen LogP contribution < -0.4 is 10.5 Å². The Kier molecular flexibility index (Phi) is 2.86. The second-order valence-electron chi connectivity index (χ2n) is 6.43. The molecule has 0 aliphatic rings. The fourth-order valence-electron chi connectivity index (χ4n) is 3.46. The summed E-state index contributed by atoms with van der Waals surface area (Å²) in [6.45, 7) is 1.94. The predicted molar refractivity (Wildman–Crippen MR) is 100.0 cm³/mol. The van der Waals surface area contributed by atoms with Gasteiger partial charge in [0.05, 0.1) is 16.3 Å². The van der Waals surface area contributed by atoms with E-state index in [1.807, 2.05) is 55.5 Å². The smallest absolute Gasteiger partial charge is 0.240 e. The Morgan fingerprint density at radius 1 is 1.08 bits per heavy atom. The minimum Gasteiger partial charge on any atom is -0.240 e. The van der Waals surface area contributed by atoms with Gasteiger partial charge >= 0.3 is 5.56 Å². The number of hydrogen-bond donors (Lipinski definition) is 0. The molecular formula is C21H13N4O+. The van der Waals surface area contributed by atoms with Crippen LogP contribution in [0.3, 0.4) is 0 Å². The van der Waals surface area contributed by atoms with Crippen molar-refractivity contribution >= 4 is 38.5 Å². The second kappa shape index (κ2) is 5.11.